The maximum atomic E-state index is 12.0. The molecular weight excluding hydrogens is 438 g/mol. The van der Waals surface area contributed by atoms with Crippen LogP contribution in [-0.4, -0.2) is 23.0 Å². The Labute approximate surface area is 211 Å². The fourth-order valence-electron chi connectivity index (χ4n) is 3.74. The Morgan fingerprint density at radius 3 is 2.31 bits per heavy atom. The average molecular weight is 480 g/mol. The number of pyridine rings is 1. The van der Waals surface area contributed by atoms with Crippen molar-refractivity contribution in [3.63, 3.8) is 0 Å². The number of benzene rings is 1. The van der Waals surface area contributed by atoms with E-state index < -0.39 is 0 Å². The first-order valence-corrected chi connectivity index (χ1v) is 13.1. The maximum Gasteiger partial charge on any atom is 0.335 e. The zero-order chi connectivity index (χ0) is 25.3. The molecule has 0 amide bonds. The van der Waals surface area contributed by atoms with E-state index in [9.17, 15) is 9.59 Å². The number of aromatic nitrogens is 1. The Morgan fingerprint density at radius 2 is 1.66 bits per heavy atom. The highest BCUT2D eigenvalue weighted by atomic mass is 16.5. The van der Waals surface area contributed by atoms with Gasteiger partial charge in [-0.25, -0.2) is 4.79 Å². The number of ether oxygens (including phenoxy) is 2. The molecule has 0 aliphatic heterocycles. The van der Waals surface area contributed by atoms with Crippen LogP contribution in [0.4, 0.5) is 0 Å². The lowest BCUT2D eigenvalue weighted by molar-refractivity contribution is -0.148. The number of esters is 2. The highest BCUT2D eigenvalue weighted by Crippen LogP contribution is 2.21. The van der Waals surface area contributed by atoms with Crippen LogP contribution < -0.4 is 4.74 Å². The maximum absolute atomic E-state index is 12.0. The first-order chi connectivity index (χ1) is 17.0. The number of unbranched alkanes of at least 4 members (excludes halogenated alkanes) is 7. The summed E-state index contributed by atoms with van der Waals surface area (Å²) in [5, 5.41) is 0. The van der Waals surface area contributed by atoms with Gasteiger partial charge >= 0.3 is 11.9 Å². The molecule has 5 heteroatoms. The summed E-state index contributed by atoms with van der Waals surface area (Å²) in [7, 11) is 0. The molecule has 0 spiro atoms. The number of carbonyl (C=O) groups excluding carboxylic acids is 2. The Morgan fingerprint density at radius 1 is 0.943 bits per heavy atom. The second-order valence-corrected chi connectivity index (χ2v) is 9.00. The van der Waals surface area contributed by atoms with Crippen molar-refractivity contribution >= 4 is 11.9 Å². The van der Waals surface area contributed by atoms with Crippen molar-refractivity contribution in [2.75, 3.05) is 0 Å². The van der Waals surface area contributed by atoms with Crippen LogP contribution >= 0.6 is 0 Å². The van der Waals surface area contributed by atoms with Crippen LogP contribution in [0.15, 0.2) is 54.7 Å². The van der Waals surface area contributed by atoms with Crippen LogP contribution in [0.3, 0.4) is 0 Å². The van der Waals surface area contributed by atoms with Gasteiger partial charge in [0.05, 0.1) is 18.0 Å². The molecule has 2 rings (SSSR count). The summed E-state index contributed by atoms with van der Waals surface area (Å²) >= 11 is 0. The Hall–Kier alpha value is -2.95. The summed E-state index contributed by atoms with van der Waals surface area (Å²) in [6.07, 6.45) is 16.7. The summed E-state index contributed by atoms with van der Waals surface area (Å²) in [6.45, 7) is 5.95. The number of aryl methyl sites for hydroxylation is 1. The number of carbonyl (C=O) groups is 2. The first kappa shape index (κ1) is 28.3. The smallest absolute Gasteiger partial charge is 0.335 e. The van der Waals surface area contributed by atoms with E-state index in [1.807, 2.05) is 31.2 Å². The van der Waals surface area contributed by atoms with Crippen LogP contribution in [-0.2, 0) is 20.7 Å². The summed E-state index contributed by atoms with van der Waals surface area (Å²) in [4.78, 5) is 27.8. The zero-order valence-corrected chi connectivity index (χ0v) is 21.6. The molecule has 0 aliphatic rings. The molecule has 1 aromatic carbocycles. The fourth-order valence-corrected chi connectivity index (χ4v) is 3.74. The molecule has 190 valence electrons. The molecule has 1 heterocycles. The highest BCUT2D eigenvalue weighted by Gasteiger charge is 2.08. The minimum absolute atomic E-state index is 0.0887. The van der Waals surface area contributed by atoms with Gasteiger partial charge in [0, 0.05) is 18.1 Å². The predicted molar refractivity (Wildman–Crippen MR) is 141 cm³/mol. The number of allylic oxidation sites excluding steroid dienone is 1. The van der Waals surface area contributed by atoms with Gasteiger partial charge in [0.15, 0.2) is 0 Å². The van der Waals surface area contributed by atoms with Crippen molar-refractivity contribution < 1.29 is 19.1 Å². The van der Waals surface area contributed by atoms with Gasteiger partial charge in [-0.3, -0.25) is 9.78 Å². The minimum atomic E-state index is -0.370. The van der Waals surface area contributed by atoms with Crippen LogP contribution in [0.1, 0.15) is 90.5 Å². The molecule has 2 aromatic rings. The monoisotopic (exact) mass is 479 g/mol. The van der Waals surface area contributed by atoms with Gasteiger partial charge in [-0.05, 0) is 50.3 Å². The van der Waals surface area contributed by atoms with Crippen molar-refractivity contribution in [3.8, 4) is 17.0 Å². The predicted octanol–water partition coefficient (Wildman–Crippen LogP) is 7.63. The summed E-state index contributed by atoms with van der Waals surface area (Å²) in [6, 6.07) is 11.8. The van der Waals surface area contributed by atoms with Crippen molar-refractivity contribution in [2.45, 2.75) is 97.5 Å². The third-order valence-corrected chi connectivity index (χ3v) is 5.89. The van der Waals surface area contributed by atoms with Gasteiger partial charge in [-0.15, -0.1) is 0 Å². The van der Waals surface area contributed by atoms with E-state index in [1.165, 1.54) is 50.2 Å². The third kappa shape index (κ3) is 11.8. The number of rotatable bonds is 16. The topological polar surface area (TPSA) is 65.5 Å². The molecule has 0 radical (unpaired) electrons. The van der Waals surface area contributed by atoms with E-state index in [2.05, 4.69) is 24.0 Å². The average Bonchev–Trinajstić information content (AvgIpc) is 2.87. The van der Waals surface area contributed by atoms with Gasteiger partial charge in [0.1, 0.15) is 5.75 Å². The van der Waals surface area contributed by atoms with Crippen molar-refractivity contribution in [3.05, 3.63) is 60.3 Å². The molecule has 0 fully saturated rings. The molecule has 0 bridgehead atoms. The third-order valence-electron chi connectivity index (χ3n) is 5.89. The minimum Gasteiger partial charge on any atom is -0.463 e. The van der Waals surface area contributed by atoms with Crippen molar-refractivity contribution in [1.29, 1.82) is 0 Å². The van der Waals surface area contributed by atoms with E-state index in [0.717, 1.165) is 36.9 Å². The molecule has 0 saturated heterocycles. The van der Waals surface area contributed by atoms with E-state index in [0.29, 0.717) is 12.2 Å². The lowest BCUT2D eigenvalue weighted by atomic mass is 10.0. The van der Waals surface area contributed by atoms with Crippen LogP contribution in [0.25, 0.3) is 11.3 Å². The van der Waals surface area contributed by atoms with Gasteiger partial charge in [0.2, 0.25) is 0 Å². The SMILES string of the molecule is CCCCCCCCC/C=C/C(=O)Oc1ccc(-c2ccc(CCC(C)OC(=O)CC)cc2)nc1. The lowest BCUT2D eigenvalue weighted by Crippen LogP contribution is -2.14. The zero-order valence-electron chi connectivity index (χ0n) is 21.6. The molecule has 1 aromatic heterocycles. The second kappa shape index (κ2) is 16.6. The van der Waals surface area contributed by atoms with E-state index in [4.69, 9.17) is 9.47 Å². The molecule has 0 aliphatic carbocycles. The van der Waals surface area contributed by atoms with Crippen molar-refractivity contribution in [2.24, 2.45) is 0 Å². The molecule has 1 unspecified atom stereocenters. The Kier molecular flexibility index (Phi) is 13.4. The molecular formula is C30H41NO4. The fraction of sp³-hybridized carbons (Fsp3) is 0.500. The Balaban J connectivity index is 1.72. The second-order valence-electron chi connectivity index (χ2n) is 9.00. The summed E-state index contributed by atoms with van der Waals surface area (Å²) in [5.74, 6) is -0.0928. The van der Waals surface area contributed by atoms with Gasteiger partial charge in [0.25, 0.3) is 0 Å². The molecule has 35 heavy (non-hydrogen) atoms. The largest absolute Gasteiger partial charge is 0.463 e. The summed E-state index contributed by atoms with van der Waals surface area (Å²) < 4.78 is 10.7. The molecule has 1 atom stereocenters. The van der Waals surface area contributed by atoms with E-state index in [-0.39, 0.29) is 18.0 Å². The van der Waals surface area contributed by atoms with Crippen LogP contribution in [0.5, 0.6) is 5.75 Å². The number of hydrogen-bond acceptors (Lipinski definition) is 5. The number of nitrogens with zero attached hydrogens (tertiary/aromatic N) is 1. The standard InChI is InChI=1S/C30H41NO4/c1-4-6-7-8-9-10-11-12-13-14-30(33)35-27-21-22-28(31-23-27)26-19-17-25(18-20-26)16-15-24(3)34-29(32)5-2/h13-14,17-24H,4-12,15-16H2,1-3H3/b14-13+. The van der Waals surface area contributed by atoms with Gasteiger partial charge in [-0.1, -0.05) is 82.7 Å². The van der Waals surface area contributed by atoms with E-state index >= 15 is 0 Å². The number of hydrogen-bond donors (Lipinski definition) is 0. The normalized spacial score (nSPS) is 12.0. The first-order valence-electron chi connectivity index (χ1n) is 13.1. The lowest BCUT2D eigenvalue weighted by Gasteiger charge is -2.12. The van der Waals surface area contributed by atoms with E-state index in [1.54, 1.807) is 19.2 Å². The van der Waals surface area contributed by atoms with Gasteiger partial charge < -0.3 is 9.47 Å². The Bertz CT molecular complexity index is 903. The molecule has 0 saturated carbocycles. The van der Waals surface area contributed by atoms with Crippen LogP contribution in [0.2, 0.25) is 0 Å². The highest BCUT2D eigenvalue weighted by molar-refractivity contribution is 5.84. The van der Waals surface area contributed by atoms with Crippen molar-refractivity contribution in [1.82, 2.24) is 4.98 Å². The molecule has 5 nitrogen and oxygen atoms in total. The quantitative estimate of drug-likeness (QED) is 0.141. The molecule has 0 N–H and O–H groups in total. The van der Waals surface area contributed by atoms with Gasteiger partial charge in [-0.2, -0.15) is 0 Å². The van der Waals surface area contributed by atoms with Crippen LogP contribution in [0, 0.1) is 0 Å². The summed E-state index contributed by atoms with van der Waals surface area (Å²) in [5.41, 5.74) is 2.99.